The van der Waals surface area contributed by atoms with Crippen molar-refractivity contribution in [2.75, 3.05) is 0 Å². The normalized spacial score (nSPS) is 13.2. The number of nitrogens with zero attached hydrogens (tertiary/aromatic N) is 3. The number of aryl methyl sites for hydroxylation is 1. The quantitative estimate of drug-likeness (QED) is 0.512. The van der Waals surface area contributed by atoms with Crippen LogP contribution in [0, 0.1) is 0 Å². The summed E-state index contributed by atoms with van der Waals surface area (Å²) in [6, 6.07) is 12.7. The Bertz CT molecular complexity index is 1230. The molecule has 2 aromatic heterocycles. The summed E-state index contributed by atoms with van der Waals surface area (Å²) in [6.07, 6.45) is 1.72. The number of carbonyl (C=O) groups is 1. The van der Waals surface area contributed by atoms with Crippen LogP contribution in [0.15, 0.2) is 47.3 Å². The summed E-state index contributed by atoms with van der Waals surface area (Å²) in [5, 5.41) is 1.28. The van der Waals surface area contributed by atoms with Gasteiger partial charge in [0.25, 0.3) is 5.56 Å². The molecular weight excluding hydrogens is 362 g/mol. The summed E-state index contributed by atoms with van der Waals surface area (Å²) >= 11 is 1.51. The van der Waals surface area contributed by atoms with Gasteiger partial charge in [-0.2, -0.15) is 0 Å². The molecule has 0 atom stereocenters. The molecule has 27 heavy (non-hydrogen) atoms. The smallest absolute Gasteiger partial charge is 0.338 e. The lowest BCUT2D eigenvalue weighted by molar-refractivity contribution is 0.0473. The maximum Gasteiger partial charge on any atom is 0.338 e. The second kappa shape index (κ2) is 6.28. The monoisotopic (exact) mass is 377 g/mol. The fraction of sp³-hybridized carbons (Fsp3) is 0.200. The third-order valence-corrected chi connectivity index (χ3v) is 5.73. The number of aromatic nitrogens is 3. The van der Waals surface area contributed by atoms with Crippen LogP contribution in [0.2, 0.25) is 0 Å². The number of benzene rings is 2. The van der Waals surface area contributed by atoms with Crippen molar-refractivity contribution < 1.29 is 9.53 Å². The van der Waals surface area contributed by atoms with Gasteiger partial charge in [0, 0.05) is 13.0 Å². The van der Waals surface area contributed by atoms with E-state index < -0.39 is 5.97 Å². The molecule has 0 fully saturated rings. The summed E-state index contributed by atoms with van der Waals surface area (Å²) in [7, 11) is 0. The van der Waals surface area contributed by atoms with Crippen LogP contribution in [0.25, 0.3) is 21.1 Å². The van der Waals surface area contributed by atoms with Gasteiger partial charge in [0.1, 0.15) is 17.4 Å². The first kappa shape index (κ1) is 16.1. The fourth-order valence-corrected chi connectivity index (χ4v) is 4.28. The van der Waals surface area contributed by atoms with Crippen molar-refractivity contribution in [1.29, 1.82) is 0 Å². The molecule has 0 unspecified atom stereocenters. The van der Waals surface area contributed by atoms with Gasteiger partial charge < -0.3 is 4.74 Å². The number of esters is 1. The van der Waals surface area contributed by atoms with Crippen molar-refractivity contribution in [1.82, 2.24) is 14.5 Å². The van der Waals surface area contributed by atoms with Crippen LogP contribution in [0.4, 0.5) is 0 Å². The molecule has 0 saturated carbocycles. The Morgan fingerprint density at radius 3 is 2.93 bits per heavy atom. The average Bonchev–Trinajstić information content (AvgIpc) is 3.32. The zero-order chi connectivity index (χ0) is 18.4. The van der Waals surface area contributed by atoms with Gasteiger partial charge in [-0.3, -0.25) is 9.36 Å². The molecule has 134 valence electrons. The topological polar surface area (TPSA) is 74.1 Å². The van der Waals surface area contributed by atoms with Crippen molar-refractivity contribution >= 4 is 38.4 Å². The maximum absolute atomic E-state index is 12.5. The summed E-state index contributed by atoms with van der Waals surface area (Å²) < 4.78 is 8.19. The van der Waals surface area contributed by atoms with Crippen LogP contribution in [-0.2, 0) is 24.3 Å². The number of para-hydroxylation sites is 1. The van der Waals surface area contributed by atoms with Crippen LogP contribution < -0.4 is 5.56 Å². The molecule has 0 radical (unpaired) electrons. The van der Waals surface area contributed by atoms with Gasteiger partial charge in [0.2, 0.25) is 0 Å². The third kappa shape index (κ3) is 2.80. The minimum absolute atomic E-state index is 0.0399. The second-order valence-corrected chi connectivity index (χ2v) is 7.59. The molecule has 6 nitrogen and oxygen atoms in total. The molecule has 0 bridgehead atoms. The van der Waals surface area contributed by atoms with Crippen molar-refractivity contribution in [3.05, 3.63) is 69.2 Å². The maximum atomic E-state index is 12.5. The molecule has 0 spiro atoms. The number of rotatable bonds is 3. The van der Waals surface area contributed by atoms with E-state index in [-0.39, 0.29) is 12.2 Å². The Hall–Kier alpha value is -3.06. The zero-order valence-electron chi connectivity index (χ0n) is 14.3. The average molecular weight is 377 g/mol. The van der Waals surface area contributed by atoms with E-state index in [0.29, 0.717) is 23.0 Å². The molecular formula is C20H15N3O3S. The van der Waals surface area contributed by atoms with Gasteiger partial charge >= 0.3 is 5.97 Å². The minimum Gasteiger partial charge on any atom is -0.455 e. The summed E-state index contributed by atoms with van der Waals surface area (Å²) in [5.74, 6) is 0.339. The molecule has 5 rings (SSSR count). The lowest BCUT2D eigenvalue weighted by atomic mass is 10.1. The Morgan fingerprint density at radius 2 is 2.04 bits per heavy atom. The van der Waals surface area contributed by atoms with Gasteiger partial charge in [0.05, 0.1) is 26.7 Å². The van der Waals surface area contributed by atoms with E-state index in [1.165, 1.54) is 11.3 Å². The van der Waals surface area contributed by atoms with E-state index in [9.17, 15) is 9.59 Å². The molecule has 1 aliphatic heterocycles. The predicted octanol–water partition coefficient (Wildman–Crippen LogP) is 3.31. The zero-order valence-corrected chi connectivity index (χ0v) is 15.2. The van der Waals surface area contributed by atoms with Gasteiger partial charge in [-0.25, -0.2) is 14.8 Å². The Kier molecular flexibility index (Phi) is 3.75. The predicted molar refractivity (Wildman–Crippen MR) is 103 cm³/mol. The van der Waals surface area contributed by atoms with Crippen LogP contribution in [-0.4, -0.2) is 20.5 Å². The number of hydrogen-bond donors (Lipinski definition) is 0. The van der Waals surface area contributed by atoms with Crippen molar-refractivity contribution in [3.8, 4) is 0 Å². The van der Waals surface area contributed by atoms with Crippen LogP contribution >= 0.6 is 11.3 Å². The van der Waals surface area contributed by atoms with Crippen LogP contribution in [0.1, 0.15) is 27.6 Å². The van der Waals surface area contributed by atoms with E-state index in [0.717, 1.165) is 33.9 Å². The Balaban J connectivity index is 1.40. The van der Waals surface area contributed by atoms with Gasteiger partial charge in [0.15, 0.2) is 0 Å². The lowest BCUT2D eigenvalue weighted by Crippen LogP contribution is -2.21. The van der Waals surface area contributed by atoms with E-state index in [2.05, 4.69) is 9.97 Å². The highest BCUT2D eigenvalue weighted by Gasteiger charge is 2.17. The molecule has 4 aromatic rings. The Morgan fingerprint density at radius 1 is 1.15 bits per heavy atom. The fourth-order valence-electron chi connectivity index (χ4n) is 3.40. The first-order valence-electron chi connectivity index (χ1n) is 8.74. The molecule has 0 amide bonds. The summed E-state index contributed by atoms with van der Waals surface area (Å²) in [4.78, 5) is 34.0. The van der Waals surface area contributed by atoms with Crippen LogP contribution in [0.3, 0.4) is 0 Å². The summed E-state index contributed by atoms with van der Waals surface area (Å²) in [5.41, 5.74) is 1.79. The highest BCUT2D eigenvalue weighted by Crippen LogP contribution is 2.22. The number of thiazole rings is 1. The number of hydrogen-bond acceptors (Lipinski definition) is 6. The highest BCUT2D eigenvalue weighted by atomic mass is 32.1. The van der Waals surface area contributed by atoms with E-state index in [1.54, 1.807) is 22.8 Å². The SMILES string of the molecule is O=C(OCc1nc2ccccc2s1)c1ccc2c(=O)n3c(nc2c1)CCC3. The molecule has 3 heterocycles. The van der Waals surface area contributed by atoms with Gasteiger partial charge in [-0.15, -0.1) is 11.3 Å². The summed E-state index contributed by atoms with van der Waals surface area (Å²) in [6.45, 7) is 0.833. The molecule has 2 aromatic carbocycles. The van der Waals surface area contributed by atoms with Gasteiger partial charge in [-0.1, -0.05) is 12.1 Å². The minimum atomic E-state index is -0.446. The van der Waals surface area contributed by atoms with Crippen molar-refractivity contribution in [2.45, 2.75) is 26.0 Å². The number of ether oxygens (including phenoxy) is 1. The van der Waals surface area contributed by atoms with Crippen LogP contribution in [0.5, 0.6) is 0 Å². The second-order valence-electron chi connectivity index (χ2n) is 6.47. The first-order valence-corrected chi connectivity index (χ1v) is 9.56. The van der Waals surface area contributed by atoms with E-state index in [4.69, 9.17) is 4.74 Å². The Labute approximate surface area is 158 Å². The molecule has 0 aliphatic carbocycles. The standard InChI is InChI=1S/C20H15N3O3S/c24-19-13-8-7-12(10-15(13)21-17-6-3-9-23(17)19)20(25)26-11-18-22-14-4-1-2-5-16(14)27-18/h1-2,4-5,7-8,10H,3,6,9,11H2. The van der Waals surface area contributed by atoms with E-state index in [1.807, 2.05) is 24.3 Å². The third-order valence-electron chi connectivity index (χ3n) is 4.72. The van der Waals surface area contributed by atoms with Gasteiger partial charge in [-0.05, 0) is 36.8 Å². The highest BCUT2D eigenvalue weighted by molar-refractivity contribution is 7.18. The lowest BCUT2D eigenvalue weighted by Gasteiger charge is -2.07. The van der Waals surface area contributed by atoms with Crippen molar-refractivity contribution in [3.63, 3.8) is 0 Å². The molecule has 0 N–H and O–H groups in total. The first-order chi connectivity index (χ1) is 13.2. The molecule has 1 aliphatic rings. The van der Waals surface area contributed by atoms with Crippen molar-refractivity contribution in [2.24, 2.45) is 0 Å². The van der Waals surface area contributed by atoms with E-state index >= 15 is 0 Å². The molecule has 7 heteroatoms. The molecule has 0 saturated heterocycles. The number of fused-ring (bicyclic) bond motifs is 3. The number of carbonyl (C=O) groups excluding carboxylic acids is 1. The largest absolute Gasteiger partial charge is 0.455 e.